The van der Waals surface area contributed by atoms with Gasteiger partial charge in [-0.15, -0.1) is 11.8 Å². The Morgan fingerprint density at radius 3 is 2.00 bits per heavy atom. The van der Waals surface area contributed by atoms with Crippen LogP contribution in [0.1, 0.15) is 32.3 Å². The Kier molecular flexibility index (Phi) is 5.60. The van der Waals surface area contributed by atoms with Gasteiger partial charge in [0.15, 0.2) is 0 Å². The Hall–Kier alpha value is -1.12. The van der Waals surface area contributed by atoms with E-state index in [4.69, 9.17) is 16.3 Å². The lowest BCUT2D eigenvalue weighted by Gasteiger charge is -2.32. The van der Waals surface area contributed by atoms with E-state index in [0.29, 0.717) is 0 Å². The maximum Gasteiger partial charge on any atom is 0.118 e. The van der Waals surface area contributed by atoms with Crippen molar-refractivity contribution in [2.75, 3.05) is 7.11 Å². The molecule has 0 fully saturated rings. The smallest absolute Gasteiger partial charge is 0.118 e. The van der Waals surface area contributed by atoms with E-state index in [1.54, 1.807) is 7.11 Å². The van der Waals surface area contributed by atoms with E-state index in [1.165, 1.54) is 10.5 Å². The zero-order valence-corrected chi connectivity index (χ0v) is 14.3. The lowest BCUT2D eigenvalue weighted by molar-refractivity contribution is 0.414. The Balaban J connectivity index is 2.30. The summed E-state index contributed by atoms with van der Waals surface area (Å²) in [5.74, 6) is 0.893. The van der Waals surface area contributed by atoms with Gasteiger partial charge in [-0.25, -0.2) is 0 Å². The highest BCUT2D eigenvalue weighted by Crippen LogP contribution is 2.47. The summed E-state index contributed by atoms with van der Waals surface area (Å²) in [6.45, 7) is 4.49. The first-order valence-electron chi connectivity index (χ1n) is 7.22. The van der Waals surface area contributed by atoms with E-state index >= 15 is 0 Å². The predicted octanol–water partition coefficient (Wildman–Crippen LogP) is 6.16. The van der Waals surface area contributed by atoms with Crippen LogP contribution in [0.4, 0.5) is 0 Å². The van der Waals surface area contributed by atoms with Crippen LogP contribution in [-0.2, 0) is 4.75 Å². The molecule has 0 aliphatic carbocycles. The monoisotopic (exact) mass is 320 g/mol. The van der Waals surface area contributed by atoms with Gasteiger partial charge >= 0.3 is 0 Å². The van der Waals surface area contributed by atoms with Crippen molar-refractivity contribution in [2.24, 2.45) is 0 Å². The van der Waals surface area contributed by atoms with Crippen LogP contribution in [0.15, 0.2) is 53.4 Å². The number of thioether (sulfide) groups is 1. The second-order valence-corrected chi connectivity index (χ2v) is 6.88. The molecule has 2 aromatic carbocycles. The average Bonchev–Trinajstić information content (AvgIpc) is 2.54. The van der Waals surface area contributed by atoms with Gasteiger partial charge in [-0.1, -0.05) is 37.6 Å². The van der Waals surface area contributed by atoms with Crippen molar-refractivity contribution in [2.45, 2.75) is 36.3 Å². The van der Waals surface area contributed by atoms with Crippen LogP contribution in [0.2, 0.25) is 5.02 Å². The van der Waals surface area contributed by atoms with Crippen molar-refractivity contribution in [3.05, 3.63) is 59.1 Å². The summed E-state index contributed by atoms with van der Waals surface area (Å²) in [6, 6.07) is 16.5. The average molecular weight is 321 g/mol. The molecule has 0 amide bonds. The Bertz CT molecular complexity index is 559. The minimum Gasteiger partial charge on any atom is -0.497 e. The third-order valence-electron chi connectivity index (χ3n) is 3.89. The molecule has 0 spiro atoms. The van der Waals surface area contributed by atoms with E-state index in [9.17, 15) is 0 Å². The third kappa shape index (κ3) is 3.75. The van der Waals surface area contributed by atoms with Gasteiger partial charge < -0.3 is 4.74 Å². The summed E-state index contributed by atoms with van der Waals surface area (Å²) < 4.78 is 5.31. The number of hydrogen-bond donors (Lipinski definition) is 0. The molecule has 0 N–H and O–H groups in total. The minimum atomic E-state index is 0.0825. The zero-order chi connectivity index (χ0) is 15.3. The molecule has 0 bridgehead atoms. The first kappa shape index (κ1) is 16.3. The van der Waals surface area contributed by atoms with Gasteiger partial charge in [-0.3, -0.25) is 0 Å². The molecule has 0 atom stereocenters. The van der Waals surface area contributed by atoms with Gasteiger partial charge in [-0.05, 0) is 54.8 Å². The Morgan fingerprint density at radius 2 is 1.52 bits per heavy atom. The topological polar surface area (TPSA) is 9.23 Å². The molecule has 0 saturated heterocycles. The molecule has 0 aliphatic heterocycles. The Labute approximate surface area is 136 Å². The third-order valence-corrected chi connectivity index (χ3v) is 5.85. The zero-order valence-electron chi connectivity index (χ0n) is 12.7. The molecule has 0 aliphatic rings. The summed E-state index contributed by atoms with van der Waals surface area (Å²) in [7, 11) is 1.69. The fourth-order valence-corrected chi connectivity index (χ4v) is 3.88. The van der Waals surface area contributed by atoms with Crippen molar-refractivity contribution in [1.29, 1.82) is 0 Å². The molecule has 2 aromatic rings. The maximum absolute atomic E-state index is 6.02. The lowest BCUT2D eigenvalue weighted by atomic mass is 9.93. The van der Waals surface area contributed by atoms with Crippen molar-refractivity contribution in [1.82, 2.24) is 0 Å². The second-order valence-electron chi connectivity index (χ2n) is 4.99. The van der Waals surface area contributed by atoms with Gasteiger partial charge in [0.25, 0.3) is 0 Å². The second kappa shape index (κ2) is 7.24. The van der Waals surface area contributed by atoms with Crippen LogP contribution in [0.5, 0.6) is 5.75 Å². The van der Waals surface area contributed by atoms with E-state index in [-0.39, 0.29) is 4.75 Å². The molecular weight excluding hydrogens is 300 g/mol. The highest BCUT2D eigenvalue weighted by Gasteiger charge is 2.29. The Morgan fingerprint density at radius 1 is 0.952 bits per heavy atom. The van der Waals surface area contributed by atoms with Crippen LogP contribution in [0.3, 0.4) is 0 Å². The van der Waals surface area contributed by atoms with E-state index in [2.05, 4.69) is 38.1 Å². The quantitative estimate of drug-likeness (QED) is 0.590. The first-order chi connectivity index (χ1) is 10.1. The lowest BCUT2D eigenvalue weighted by Crippen LogP contribution is -2.19. The molecule has 112 valence electrons. The van der Waals surface area contributed by atoms with Gasteiger partial charge in [0, 0.05) is 14.7 Å². The predicted molar refractivity (Wildman–Crippen MR) is 92.6 cm³/mol. The molecule has 2 rings (SSSR count). The van der Waals surface area contributed by atoms with Crippen molar-refractivity contribution < 1.29 is 4.74 Å². The molecule has 0 radical (unpaired) electrons. The number of benzene rings is 2. The first-order valence-corrected chi connectivity index (χ1v) is 8.42. The molecule has 0 heterocycles. The fraction of sp³-hybridized carbons (Fsp3) is 0.333. The summed E-state index contributed by atoms with van der Waals surface area (Å²) in [5.41, 5.74) is 1.33. The number of halogens is 1. The minimum absolute atomic E-state index is 0.0825. The van der Waals surface area contributed by atoms with E-state index in [0.717, 1.165) is 23.6 Å². The van der Waals surface area contributed by atoms with Gasteiger partial charge in [0.2, 0.25) is 0 Å². The standard InChI is InChI=1S/C18H21ClOS/c1-4-18(5-2,14-6-8-15(19)9-7-14)21-17-12-10-16(20-3)11-13-17/h6-13H,4-5H2,1-3H3. The summed E-state index contributed by atoms with van der Waals surface area (Å²) in [6.07, 6.45) is 2.14. The fourth-order valence-electron chi connectivity index (χ4n) is 2.48. The number of hydrogen-bond acceptors (Lipinski definition) is 2. The number of ether oxygens (including phenoxy) is 1. The van der Waals surface area contributed by atoms with Gasteiger partial charge in [0.05, 0.1) is 7.11 Å². The van der Waals surface area contributed by atoms with Crippen LogP contribution in [0.25, 0.3) is 0 Å². The molecule has 21 heavy (non-hydrogen) atoms. The van der Waals surface area contributed by atoms with Crippen LogP contribution in [-0.4, -0.2) is 7.11 Å². The number of rotatable bonds is 6. The van der Waals surface area contributed by atoms with Gasteiger partial charge in [-0.2, -0.15) is 0 Å². The summed E-state index contributed by atoms with van der Waals surface area (Å²) in [5, 5.41) is 0.786. The van der Waals surface area contributed by atoms with Crippen molar-refractivity contribution in [3.8, 4) is 5.75 Å². The largest absolute Gasteiger partial charge is 0.497 e. The van der Waals surface area contributed by atoms with E-state index < -0.39 is 0 Å². The normalized spacial score (nSPS) is 11.4. The summed E-state index contributed by atoms with van der Waals surface area (Å²) >= 11 is 7.94. The van der Waals surface area contributed by atoms with Gasteiger partial charge in [0.1, 0.15) is 5.75 Å². The summed E-state index contributed by atoms with van der Waals surface area (Å²) in [4.78, 5) is 1.26. The molecule has 3 heteroatoms. The van der Waals surface area contributed by atoms with Crippen LogP contribution >= 0.6 is 23.4 Å². The SMILES string of the molecule is CCC(CC)(Sc1ccc(OC)cc1)c1ccc(Cl)cc1. The highest BCUT2D eigenvalue weighted by molar-refractivity contribution is 8.00. The molecule has 0 aromatic heterocycles. The molecule has 0 unspecified atom stereocenters. The number of methoxy groups -OCH3 is 1. The highest BCUT2D eigenvalue weighted by atomic mass is 35.5. The molecular formula is C18H21ClOS. The van der Waals surface area contributed by atoms with Crippen molar-refractivity contribution in [3.63, 3.8) is 0 Å². The van der Waals surface area contributed by atoms with Crippen molar-refractivity contribution >= 4 is 23.4 Å². The molecule has 0 saturated carbocycles. The molecule has 1 nitrogen and oxygen atoms in total. The van der Waals surface area contributed by atoms with Crippen LogP contribution < -0.4 is 4.74 Å². The maximum atomic E-state index is 6.02. The van der Waals surface area contributed by atoms with E-state index in [1.807, 2.05) is 36.0 Å². The van der Waals surface area contributed by atoms with Crippen LogP contribution in [0, 0.1) is 0 Å².